The molecule has 17 heavy (non-hydrogen) atoms. The molecule has 1 atom stereocenters. The van der Waals surface area contributed by atoms with Crippen LogP contribution in [0.3, 0.4) is 0 Å². The number of fused-ring (bicyclic) bond motifs is 4. The minimum Gasteiger partial charge on any atom is -0.343 e. The minimum absolute atomic E-state index is 0.0890. The fourth-order valence-corrected chi connectivity index (χ4v) is 4.53. The van der Waals surface area contributed by atoms with Crippen LogP contribution in [0, 0.1) is 16.7 Å². The quantitative estimate of drug-likeness (QED) is 0.516. The second-order valence-corrected chi connectivity index (χ2v) is 7.57. The van der Waals surface area contributed by atoms with Crippen molar-refractivity contribution in [2.75, 3.05) is 0 Å². The zero-order valence-corrected chi connectivity index (χ0v) is 11.0. The number of hydrogen-bond donors (Lipinski definition) is 4. The fraction of sp³-hybridized carbons (Fsp3) is 1.00. The van der Waals surface area contributed by atoms with Crippen LogP contribution in [-0.2, 0) is 0 Å². The van der Waals surface area contributed by atoms with Gasteiger partial charge in [0.2, 0.25) is 0 Å². The maximum Gasteiger partial charge on any atom is 0.281 e. The van der Waals surface area contributed by atoms with Gasteiger partial charge in [-0.3, -0.25) is 0 Å². The third kappa shape index (κ3) is 2.36. The molecule has 1 unspecified atom stereocenters. The van der Waals surface area contributed by atoms with E-state index in [9.17, 15) is 15.3 Å². The second-order valence-electron chi connectivity index (χ2n) is 7.57. The Kier molecular flexibility index (Phi) is 2.69. The summed E-state index contributed by atoms with van der Waals surface area (Å²) in [6.07, 6.45) is 3.66. The number of hydrogen-bond acceptors (Lipinski definition) is 4. The predicted molar refractivity (Wildman–Crippen MR) is 64.8 cm³/mol. The highest BCUT2D eigenvalue weighted by Crippen LogP contribution is 2.61. The average Bonchev–Trinajstić information content (AvgIpc) is 1.91. The number of aliphatic hydroxyl groups is 3. The molecular weight excluding hydrogens is 218 g/mol. The highest BCUT2D eigenvalue weighted by Gasteiger charge is 2.61. The highest BCUT2D eigenvalue weighted by atomic mass is 16.7. The van der Waals surface area contributed by atoms with Gasteiger partial charge < -0.3 is 21.1 Å². The van der Waals surface area contributed by atoms with E-state index in [-0.39, 0.29) is 11.0 Å². The average molecular weight is 243 g/mol. The molecule has 0 amide bonds. The molecule has 3 rings (SSSR count). The summed E-state index contributed by atoms with van der Waals surface area (Å²) in [5.74, 6) is -2.14. The number of rotatable bonds is 1. The van der Waals surface area contributed by atoms with E-state index in [4.69, 9.17) is 5.73 Å². The molecule has 3 aliphatic rings. The van der Waals surface area contributed by atoms with E-state index in [1.165, 1.54) is 0 Å². The van der Waals surface area contributed by atoms with Gasteiger partial charge in [-0.2, -0.15) is 0 Å². The second kappa shape index (κ2) is 3.44. The van der Waals surface area contributed by atoms with Crippen molar-refractivity contribution in [3.8, 4) is 0 Å². The molecule has 4 heteroatoms. The van der Waals surface area contributed by atoms with Crippen molar-refractivity contribution in [2.45, 2.75) is 64.4 Å². The van der Waals surface area contributed by atoms with E-state index in [0.29, 0.717) is 25.2 Å². The Morgan fingerprint density at radius 3 is 2.00 bits per heavy atom. The van der Waals surface area contributed by atoms with Gasteiger partial charge in [-0.15, -0.1) is 0 Å². The Balaban J connectivity index is 2.25. The summed E-state index contributed by atoms with van der Waals surface area (Å²) in [7, 11) is 0. The molecule has 0 spiro atoms. The summed E-state index contributed by atoms with van der Waals surface area (Å²) in [6, 6.07) is 0. The van der Waals surface area contributed by atoms with Crippen molar-refractivity contribution in [3.63, 3.8) is 0 Å². The molecule has 2 bridgehead atoms. The lowest BCUT2D eigenvalue weighted by Gasteiger charge is -2.58. The maximum absolute atomic E-state index is 9.60. The van der Waals surface area contributed by atoms with Gasteiger partial charge in [0.1, 0.15) is 0 Å². The molecule has 3 saturated carbocycles. The van der Waals surface area contributed by atoms with E-state index < -0.39 is 11.4 Å². The lowest BCUT2D eigenvalue weighted by Crippen LogP contribution is -2.61. The molecule has 3 aliphatic carbocycles. The first-order chi connectivity index (χ1) is 7.45. The topological polar surface area (TPSA) is 86.7 Å². The Labute approximate surface area is 103 Å². The van der Waals surface area contributed by atoms with Gasteiger partial charge in [-0.1, -0.05) is 13.8 Å². The van der Waals surface area contributed by atoms with Crippen LogP contribution in [0.2, 0.25) is 0 Å². The Hall–Kier alpha value is -0.160. The van der Waals surface area contributed by atoms with Gasteiger partial charge in [0.25, 0.3) is 5.97 Å². The van der Waals surface area contributed by atoms with Crippen molar-refractivity contribution in [1.82, 2.24) is 0 Å². The molecule has 0 saturated heterocycles. The van der Waals surface area contributed by atoms with Crippen molar-refractivity contribution >= 4 is 0 Å². The van der Waals surface area contributed by atoms with E-state index in [2.05, 4.69) is 20.8 Å². The van der Waals surface area contributed by atoms with Gasteiger partial charge in [0.15, 0.2) is 0 Å². The molecular formula is C13H25NO3. The molecule has 0 aromatic rings. The van der Waals surface area contributed by atoms with Crippen LogP contribution in [0.15, 0.2) is 0 Å². The normalized spacial score (nSPS) is 45.7. The maximum atomic E-state index is 9.60. The van der Waals surface area contributed by atoms with Crippen LogP contribution >= 0.6 is 0 Å². The summed E-state index contributed by atoms with van der Waals surface area (Å²) in [6.45, 7) is 6.25. The van der Waals surface area contributed by atoms with Crippen LogP contribution in [-0.4, -0.2) is 26.8 Å². The van der Waals surface area contributed by atoms with Gasteiger partial charge in [0, 0.05) is 5.54 Å². The lowest BCUT2D eigenvalue weighted by molar-refractivity contribution is -0.404. The zero-order chi connectivity index (χ0) is 13.1. The molecule has 0 heterocycles. The third-order valence-electron chi connectivity index (χ3n) is 4.52. The lowest BCUT2D eigenvalue weighted by atomic mass is 9.49. The molecule has 0 aliphatic heterocycles. The monoisotopic (exact) mass is 243 g/mol. The first-order valence-corrected chi connectivity index (χ1v) is 6.41. The molecule has 0 aromatic carbocycles. The Morgan fingerprint density at radius 1 is 1.00 bits per heavy atom. The first kappa shape index (κ1) is 13.3. The molecule has 100 valence electrons. The van der Waals surface area contributed by atoms with E-state index in [0.717, 1.165) is 12.8 Å². The van der Waals surface area contributed by atoms with Crippen molar-refractivity contribution < 1.29 is 15.3 Å². The summed E-state index contributed by atoms with van der Waals surface area (Å²) >= 11 is 0. The fourth-order valence-electron chi connectivity index (χ4n) is 4.53. The third-order valence-corrected chi connectivity index (χ3v) is 4.52. The Bertz CT molecular complexity index is 311. The van der Waals surface area contributed by atoms with Crippen molar-refractivity contribution in [2.24, 2.45) is 22.5 Å². The standard InChI is InChI=1S/C13H25NO3/c1-10(2)7-11(3,14)4-9-5-12(6-9,8-10)13(15,16)17/h9,15-17H,4-8,14H2,1-3H3. The SMILES string of the molecule is CC1(C)CC(C)(N)CC2CC(C(O)(O)O)(C2)C1. The van der Waals surface area contributed by atoms with Gasteiger partial charge in [0.05, 0.1) is 5.41 Å². The van der Waals surface area contributed by atoms with Gasteiger partial charge >= 0.3 is 0 Å². The molecule has 3 fully saturated rings. The molecule has 5 N–H and O–H groups in total. The predicted octanol–water partition coefficient (Wildman–Crippen LogP) is 0.941. The van der Waals surface area contributed by atoms with Crippen LogP contribution in [0.1, 0.15) is 52.9 Å². The van der Waals surface area contributed by atoms with E-state index in [1.54, 1.807) is 0 Å². The van der Waals surface area contributed by atoms with Crippen LogP contribution in [0.4, 0.5) is 0 Å². The summed E-state index contributed by atoms with van der Waals surface area (Å²) in [5.41, 5.74) is 5.27. The molecule has 0 aromatic heterocycles. The van der Waals surface area contributed by atoms with Crippen LogP contribution < -0.4 is 5.73 Å². The smallest absolute Gasteiger partial charge is 0.281 e. The minimum atomic E-state index is -2.55. The number of nitrogens with two attached hydrogens (primary N) is 1. The van der Waals surface area contributed by atoms with Crippen LogP contribution in [0.5, 0.6) is 0 Å². The summed E-state index contributed by atoms with van der Waals surface area (Å²) < 4.78 is 0. The van der Waals surface area contributed by atoms with Crippen molar-refractivity contribution in [3.05, 3.63) is 0 Å². The van der Waals surface area contributed by atoms with Gasteiger partial charge in [-0.25, -0.2) is 0 Å². The molecule has 4 nitrogen and oxygen atoms in total. The largest absolute Gasteiger partial charge is 0.343 e. The van der Waals surface area contributed by atoms with E-state index >= 15 is 0 Å². The van der Waals surface area contributed by atoms with Gasteiger partial charge in [-0.05, 0) is 50.4 Å². The zero-order valence-electron chi connectivity index (χ0n) is 11.0. The summed E-state index contributed by atoms with van der Waals surface area (Å²) in [5, 5.41) is 28.8. The molecule has 0 radical (unpaired) electrons. The van der Waals surface area contributed by atoms with E-state index in [1.807, 2.05) is 0 Å². The highest BCUT2D eigenvalue weighted by molar-refractivity contribution is 5.06. The first-order valence-electron chi connectivity index (χ1n) is 6.41. The van der Waals surface area contributed by atoms with Crippen molar-refractivity contribution in [1.29, 1.82) is 0 Å². The van der Waals surface area contributed by atoms with Crippen LogP contribution in [0.25, 0.3) is 0 Å². The summed E-state index contributed by atoms with van der Waals surface area (Å²) in [4.78, 5) is 0. The Morgan fingerprint density at radius 2 is 1.53 bits per heavy atom.